The molecular weight excluding hydrogens is 362 g/mol. The third-order valence-electron chi connectivity index (χ3n) is 4.02. The summed E-state index contributed by atoms with van der Waals surface area (Å²) >= 11 is 0. The average Bonchev–Trinajstić information content (AvgIpc) is 3.13. The summed E-state index contributed by atoms with van der Waals surface area (Å²) < 4.78 is 7.90. The number of aromatic nitrogens is 5. The van der Waals surface area contributed by atoms with E-state index < -0.39 is 17.1 Å². The van der Waals surface area contributed by atoms with Gasteiger partial charge in [0, 0.05) is 6.42 Å². The first kappa shape index (κ1) is 19.0. The van der Waals surface area contributed by atoms with Crippen molar-refractivity contribution in [1.29, 1.82) is 0 Å². The van der Waals surface area contributed by atoms with Crippen LogP contribution in [0.3, 0.4) is 0 Å². The molecule has 2 heterocycles. The topological polar surface area (TPSA) is 105 Å². The molecule has 0 aliphatic rings. The van der Waals surface area contributed by atoms with Gasteiger partial charge < -0.3 is 4.52 Å². The molecule has 0 saturated heterocycles. The van der Waals surface area contributed by atoms with E-state index in [0.717, 1.165) is 19.3 Å². The molecule has 144 valence electrons. The number of nitrogens with zero attached hydrogens (tertiary/aromatic N) is 5. The zero-order valence-electron chi connectivity index (χ0n) is 15.2. The van der Waals surface area contributed by atoms with Crippen LogP contribution in [0.25, 0.3) is 0 Å². The van der Waals surface area contributed by atoms with Crippen LogP contribution in [0.4, 0.5) is 0 Å². The molecule has 1 aromatic carbocycles. The van der Waals surface area contributed by atoms with Crippen LogP contribution in [0.1, 0.15) is 17.3 Å². The Morgan fingerprint density at radius 2 is 1.46 bits per heavy atom. The van der Waals surface area contributed by atoms with Crippen molar-refractivity contribution in [3.8, 4) is 0 Å². The average molecular weight is 381 g/mol. The number of benzene rings is 1. The molecule has 9 nitrogen and oxygen atoms in total. The molecule has 2 aromatic heterocycles. The van der Waals surface area contributed by atoms with Crippen molar-refractivity contribution in [2.24, 2.45) is 0 Å². The molecule has 28 heavy (non-hydrogen) atoms. The highest BCUT2D eigenvalue weighted by atomic mass is 16.5. The predicted octanol–water partition coefficient (Wildman–Crippen LogP) is 0.566. The maximum atomic E-state index is 12.6. The van der Waals surface area contributed by atoms with Gasteiger partial charge in [-0.2, -0.15) is 4.98 Å². The van der Waals surface area contributed by atoms with Crippen molar-refractivity contribution < 1.29 is 4.52 Å². The third kappa shape index (κ3) is 3.83. The molecule has 0 fully saturated rings. The number of hydrogen-bond donors (Lipinski definition) is 0. The lowest BCUT2D eigenvalue weighted by Crippen LogP contribution is -2.54. The number of allylic oxidation sites excluding steroid dienone is 2. The van der Waals surface area contributed by atoms with E-state index in [1.54, 1.807) is 0 Å². The second kappa shape index (κ2) is 8.30. The Morgan fingerprint density at radius 1 is 0.893 bits per heavy atom. The van der Waals surface area contributed by atoms with Crippen LogP contribution < -0.4 is 17.1 Å². The quantitative estimate of drug-likeness (QED) is 0.528. The summed E-state index contributed by atoms with van der Waals surface area (Å²) in [6, 6.07) is 9.57. The summed E-state index contributed by atoms with van der Waals surface area (Å²) in [7, 11) is 0. The molecule has 0 aliphatic heterocycles. The van der Waals surface area contributed by atoms with E-state index in [4.69, 9.17) is 4.52 Å². The Hall–Kier alpha value is -3.75. The van der Waals surface area contributed by atoms with E-state index in [0.29, 0.717) is 12.2 Å². The van der Waals surface area contributed by atoms with Gasteiger partial charge in [-0.3, -0.25) is 0 Å². The van der Waals surface area contributed by atoms with Crippen LogP contribution in [-0.4, -0.2) is 23.8 Å². The SMILES string of the molecule is C=CCn1c(=O)n(CC=C)c(=O)n(Cc2nc(Cc3ccccc3)no2)c1=O. The molecule has 3 aromatic rings. The highest BCUT2D eigenvalue weighted by molar-refractivity contribution is 5.18. The van der Waals surface area contributed by atoms with Gasteiger partial charge in [-0.1, -0.05) is 47.6 Å². The zero-order chi connectivity index (χ0) is 20.1. The second-order valence-electron chi connectivity index (χ2n) is 6.00. The Balaban J connectivity index is 1.97. The lowest BCUT2D eigenvalue weighted by Gasteiger charge is -2.10. The fraction of sp³-hybridized carbons (Fsp3) is 0.211. The Kier molecular flexibility index (Phi) is 5.64. The first-order valence-electron chi connectivity index (χ1n) is 8.56. The van der Waals surface area contributed by atoms with E-state index in [-0.39, 0.29) is 25.5 Å². The summed E-state index contributed by atoms with van der Waals surface area (Å²) in [6.45, 7) is 6.77. The molecule has 0 unspecified atom stereocenters. The minimum absolute atomic E-state index is 0.0296. The lowest BCUT2D eigenvalue weighted by molar-refractivity contribution is 0.356. The van der Waals surface area contributed by atoms with Crippen LogP contribution in [0, 0.1) is 0 Å². The van der Waals surface area contributed by atoms with E-state index in [1.807, 2.05) is 30.3 Å². The standard InChI is InChI=1S/C19H19N5O4/c1-3-10-22-17(25)23(11-4-2)19(27)24(18(22)26)13-16-20-15(21-28-16)12-14-8-6-5-7-9-14/h3-9H,1-2,10-13H2. The molecule has 0 amide bonds. The van der Waals surface area contributed by atoms with Gasteiger partial charge in [0.25, 0.3) is 0 Å². The van der Waals surface area contributed by atoms with Gasteiger partial charge >= 0.3 is 17.1 Å². The highest BCUT2D eigenvalue weighted by Crippen LogP contribution is 2.06. The van der Waals surface area contributed by atoms with Crippen LogP contribution in [0.2, 0.25) is 0 Å². The Labute approximate surface area is 159 Å². The van der Waals surface area contributed by atoms with Crippen LogP contribution >= 0.6 is 0 Å². The fourth-order valence-corrected chi connectivity index (χ4v) is 2.73. The smallest absolute Gasteiger partial charge is 0.337 e. The third-order valence-corrected chi connectivity index (χ3v) is 4.02. The fourth-order valence-electron chi connectivity index (χ4n) is 2.73. The Bertz CT molecular complexity index is 1120. The number of rotatable bonds is 8. The van der Waals surface area contributed by atoms with Crippen molar-refractivity contribution in [2.45, 2.75) is 26.1 Å². The first-order chi connectivity index (χ1) is 13.5. The van der Waals surface area contributed by atoms with E-state index in [1.165, 1.54) is 12.2 Å². The molecule has 0 saturated carbocycles. The molecule has 9 heteroatoms. The minimum atomic E-state index is -0.766. The van der Waals surface area contributed by atoms with Gasteiger partial charge in [0.2, 0.25) is 5.89 Å². The lowest BCUT2D eigenvalue weighted by atomic mass is 10.1. The largest absolute Gasteiger partial charge is 0.337 e. The van der Waals surface area contributed by atoms with Gasteiger partial charge in [-0.05, 0) is 5.56 Å². The molecular formula is C19H19N5O4. The van der Waals surface area contributed by atoms with Crippen molar-refractivity contribution in [1.82, 2.24) is 23.8 Å². The van der Waals surface area contributed by atoms with Gasteiger partial charge in [-0.25, -0.2) is 28.1 Å². The van der Waals surface area contributed by atoms with E-state index in [9.17, 15) is 14.4 Å². The molecule has 0 radical (unpaired) electrons. The van der Waals surface area contributed by atoms with E-state index >= 15 is 0 Å². The van der Waals surface area contributed by atoms with E-state index in [2.05, 4.69) is 23.3 Å². The second-order valence-corrected chi connectivity index (χ2v) is 6.00. The molecule has 0 spiro atoms. The summed E-state index contributed by atoms with van der Waals surface area (Å²) in [6.07, 6.45) is 3.26. The van der Waals surface area contributed by atoms with Crippen molar-refractivity contribution in [2.75, 3.05) is 0 Å². The molecule has 0 atom stereocenters. The summed E-state index contributed by atoms with van der Waals surface area (Å²) in [5, 5.41) is 3.89. The maximum Gasteiger partial charge on any atom is 0.337 e. The van der Waals surface area contributed by atoms with Gasteiger partial charge in [-0.15, -0.1) is 13.2 Å². The molecule has 0 bridgehead atoms. The van der Waals surface area contributed by atoms with Gasteiger partial charge in [0.15, 0.2) is 5.82 Å². The normalized spacial score (nSPS) is 10.7. The Morgan fingerprint density at radius 3 is 2.04 bits per heavy atom. The summed E-state index contributed by atoms with van der Waals surface area (Å²) in [4.78, 5) is 41.8. The molecule has 0 N–H and O–H groups in total. The highest BCUT2D eigenvalue weighted by Gasteiger charge is 2.17. The van der Waals surface area contributed by atoms with Crippen molar-refractivity contribution >= 4 is 0 Å². The molecule has 3 rings (SSSR count). The van der Waals surface area contributed by atoms with Gasteiger partial charge in [0.1, 0.15) is 6.54 Å². The van der Waals surface area contributed by atoms with Crippen LogP contribution in [-0.2, 0) is 26.1 Å². The minimum Gasteiger partial charge on any atom is -0.337 e. The molecule has 0 aliphatic carbocycles. The van der Waals surface area contributed by atoms with Crippen molar-refractivity contribution in [3.05, 3.63) is 104 Å². The van der Waals surface area contributed by atoms with Gasteiger partial charge in [0.05, 0.1) is 13.1 Å². The zero-order valence-corrected chi connectivity index (χ0v) is 15.2. The van der Waals surface area contributed by atoms with Crippen LogP contribution in [0.5, 0.6) is 0 Å². The monoisotopic (exact) mass is 381 g/mol. The summed E-state index contributed by atoms with van der Waals surface area (Å²) in [5.74, 6) is 0.527. The van der Waals surface area contributed by atoms with Crippen LogP contribution in [0.15, 0.2) is 74.5 Å². The van der Waals surface area contributed by atoms with Crippen molar-refractivity contribution in [3.63, 3.8) is 0 Å². The maximum absolute atomic E-state index is 12.6. The predicted molar refractivity (Wildman–Crippen MR) is 102 cm³/mol. The first-order valence-corrected chi connectivity index (χ1v) is 8.56. The summed E-state index contributed by atoms with van der Waals surface area (Å²) in [5.41, 5.74) is -1.25. The number of hydrogen-bond acceptors (Lipinski definition) is 6.